The molecule has 0 saturated carbocycles. The normalized spacial score (nSPS) is 12.4. The SMILES string of the molecule is CNC(c1ccn(Cc2ccc(C#N)cc2Cl)c1)C(C)C. The van der Waals surface area contributed by atoms with E-state index in [0.717, 1.165) is 5.56 Å². The molecule has 3 nitrogen and oxygen atoms in total. The maximum atomic E-state index is 8.87. The maximum absolute atomic E-state index is 8.87. The van der Waals surface area contributed by atoms with Gasteiger partial charge in [-0.2, -0.15) is 5.26 Å². The van der Waals surface area contributed by atoms with Gasteiger partial charge in [0.05, 0.1) is 11.6 Å². The van der Waals surface area contributed by atoms with E-state index in [9.17, 15) is 0 Å². The molecule has 4 heteroatoms. The van der Waals surface area contributed by atoms with Gasteiger partial charge in [-0.1, -0.05) is 31.5 Å². The molecule has 1 atom stereocenters. The molecule has 1 aromatic heterocycles. The number of rotatable bonds is 5. The van der Waals surface area contributed by atoms with Crippen molar-refractivity contribution in [1.82, 2.24) is 9.88 Å². The van der Waals surface area contributed by atoms with E-state index < -0.39 is 0 Å². The van der Waals surface area contributed by atoms with Crippen molar-refractivity contribution in [2.75, 3.05) is 7.05 Å². The molecule has 0 aliphatic heterocycles. The first-order valence-corrected chi connectivity index (χ1v) is 7.44. The molecule has 2 rings (SSSR count). The molecule has 1 N–H and O–H groups in total. The number of aromatic nitrogens is 1. The molecule has 21 heavy (non-hydrogen) atoms. The zero-order chi connectivity index (χ0) is 15.4. The lowest BCUT2D eigenvalue weighted by Gasteiger charge is -2.18. The largest absolute Gasteiger partial charge is 0.350 e. The highest BCUT2D eigenvalue weighted by molar-refractivity contribution is 6.31. The lowest BCUT2D eigenvalue weighted by atomic mass is 9.99. The zero-order valence-corrected chi connectivity index (χ0v) is 13.4. The van der Waals surface area contributed by atoms with Crippen LogP contribution < -0.4 is 5.32 Å². The van der Waals surface area contributed by atoms with Crippen LogP contribution in [0.2, 0.25) is 5.02 Å². The fourth-order valence-corrected chi connectivity index (χ4v) is 2.81. The first kappa shape index (κ1) is 15.6. The predicted octanol–water partition coefficient (Wildman–Crippen LogP) is 3.98. The Morgan fingerprint density at radius 3 is 2.67 bits per heavy atom. The van der Waals surface area contributed by atoms with Gasteiger partial charge in [0, 0.05) is 30.0 Å². The summed E-state index contributed by atoms with van der Waals surface area (Å²) in [5, 5.41) is 12.8. The molecule has 1 unspecified atom stereocenters. The summed E-state index contributed by atoms with van der Waals surface area (Å²) in [4.78, 5) is 0. The summed E-state index contributed by atoms with van der Waals surface area (Å²) < 4.78 is 2.12. The van der Waals surface area contributed by atoms with E-state index in [-0.39, 0.29) is 0 Å². The lowest BCUT2D eigenvalue weighted by Crippen LogP contribution is -2.21. The molecule has 0 amide bonds. The molecule has 0 aliphatic carbocycles. The van der Waals surface area contributed by atoms with E-state index in [2.05, 4.69) is 48.3 Å². The summed E-state index contributed by atoms with van der Waals surface area (Å²) in [5.74, 6) is 0.532. The minimum atomic E-state index is 0.350. The highest BCUT2D eigenvalue weighted by Crippen LogP contribution is 2.23. The van der Waals surface area contributed by atoms with Gasteiger partial charge in [-0.05, 0) is 42.3 Å². The number of benzene rings is 1. The summed E-state index contributed by atoms with van der Waals surface area (Å²) in [5.41, 5.74) is 2.88. The second-order valence-electron chi connectivity index (χ2n) is 5.55. The monoisotopic (exact) mass is 301 g/mol. The van der Waals surface area contributed by atoms with Gasteiger partial charge in [0.25, 0.3) is 0 Å². The Balaban J connectivity index is 2.18. The van der Waals surface area contributed by atoms with Crippen LogP contribution in [0, 0.1) is 17.2 Å². The van der Waals surface area contributed by atoms with E-state index in [4.69, 9.17) is 16.9 Å². The fourth-order valence-electron chi connectivity index (χ4n) is 2.57. The van der Waals surface area contributed by atoms with E-state index in [0.29, 0.717) is 29.1 Å². The van der Waals surface area contributed by atoms with Crippen LogP contribution in [-0.2, 0) is 6.54 Å². The van der Waals surface area contributed by atoms with Gasteiger partial charge >= 0.3 is 0 Å². The fraction of sp³-hybridized carbons (Fsp3) is 0.353. The van der Waals surface area contributed by atoms with Crippen molar-refractivity contribution >= 4 is 11.6 Å². The number of hydrogen-bond acceptors (Lipinski definition) is 2. The molecule has 1 aromatic carbocycles. The van der Waals surface area contributed by atoms with Gasteiger partial charge in [-0.25, -0.2) is 0 Å². The van der Waals surface area contributed by atoms with Crippen LogP contribution in [0.1, 0.15) is 36.6 Å². The minimum Gasteiger partial charge on any atom is -0.350 e. The van der Waals surface area contributed by atoms with E-state index >= 15 is 0 Å². The van der Waals surface area contributed by atoms with E-state index in [1.54, 1.807) is 12.1 Å². The van der Waals surface area contributed by atoms with Crippen molar-refractivity contribution in [3.05, 3.63) is 58.4 Å². The second kappa shape index (κ2) is 6.80. The number of halogens is 1. The Labute approximate surface area is 131 Å². The Kier molecular flexibility index (Phi) is 5.06. The summed E-state index contributed by atoms with van der Waals surface area (Å²) >= 11 is 6.23. The summed E-state index contributed by atoms with van der Waals surface area (Å²) in [7, 11) is 1.99. The highest BCUT2D eigenvalue weighted by Gasteiger charge is 2.14. The zero-order valence-electron chi connectivity index (χ0n) is 12.6. The Hall–Kier alpha value is -1.76. The first-order chi connectivity index (χ1) is 10.0. The molecular weight excluding hydrogens is 282 g/mol. The van der Waals surface area contributed by atoms with E-state index in [1.165, 1.54) is 5.56 Å². The minimum absolute atomic E-state index is 0.350. The average molecular weight is 302 g/mol. The summed E-state index contributed by atoms with van der Waals surface area (Å²) in [6, 6.07) is 10.0. The van der Waals surface area contributed by atoms with Crippen LogP contribution in [0.3, 0.4) is 0 Å². The summed E-state index contributed by atoms with van der Waals surface area (Å²) in [6.07, 6.45) is 4.21. The standard InChI is InChI=1S/C17H20ClN3/c1-12(2)17(20-3)15-6-7-21(11-15)10-14-5-4-13(9-19)8-16(14)18/h4-8,11-12,17,20H,10H2,1-3H3. The number of nitrogens with one attached hydrogen (secondary N) is 1. The van der Waals surface area contributed by atoms with Gasteiger partial charge in [0.1, 0.15) is 0 Å². The van der Waals surface area contributed by atoms with Gasteiger partial charge in [-0.15, -0.1) is 0 Å². The number of hydrogen-bond donors (Lipinski definition) is 1. The first-order valence-electron chi connectivity index (χ1n) is 7.06. The number of nitrogens with zero attached hydrogens (tertiary/aromatic N) is 2. The Morgan fingerprint density at radius 1 is 1.33 bits per heavy atom. The van der Waals surface area contributed by atoms with Gasteiger partial charge in [0.15, 0.2) is 0 Å². The molecule has 0 aliphatic rings. The molecule has 0 saturated heterocycles. The molecule has 0 bridgehead atoms. The molecule has 0 spiro atoms. The van der Waals surface area contributed by atoms with Crippen LogP contribution in [-0.4, -0.2) is 11.6 Å². The third-order valence-corrected chi connectivity index (χ3v) is 4.00. The van der Waals surface area contributed by atoms with Crippen molar-refractivity contribution in [2.45, 2.75) is 26.4 Å². The molecule has 1 heterocycles. The van der Waals surface area contributed by atoms with Gasteiger partial charge < -0.3 is 9.88 Å². The van der Waals surface area contributed by atoms with Gasteiger partial charge in [-0.3, -0.25) is 0 Å². The van der Waals surface area contributed by atoms with Crippen LogP contribution in [0.4, 0.5) is 0 Å². The van der Waals surface area contributed by atoms with Crippen LogP contribution in [0.5, 0.6) is 0 Å². The molecule has 110 valence electrons. The molecule has 0 fully saturated rings. The molecular formula is C17H20ClN3. The van der Waals surface area contributed by atoms with Crippen LogP contribution in [0.15, 0.2) is 36.7 Å². The van der Waals surface area contributed by atoms with Crippen LogP contribution >= 0.6 is 11.6 Å². The van der Waals surface area contributed by atoms with Crippen LogP contribution in [0.25, 0.3) is 0 Å². The Morgan fingerprint density at radius 2 is 2.10 bits per heavy atom. The third-order valence-electron chi connectivity index (χ3n) is 3.65. The topological polar surface area (TPSA) is 40.8 Å². The van der Waals surface area contributed by atoms with Crippen molar-refractivity contribution in [2.24, 2.45) is 5.92 Å². The summed E-state index contributed by atoms with van der Waals surface area (Å²) in [6.45, 7) is 5.12. The van der Waals surface area contributed by atoms with Crippen molar-refractivity contribution in [3.8, 4) is 6.07 Å². The maximum Gasteiger partial charge on any atom is 0.0992 e. The van der Waals surface area contributed by atoms with Crippen molar-refractivity contribution in [1.29, 1.82) is 5.26 Å². The van der Waals surface area contributed by atoms with E-state index in [1.807, 2.05) is 13.1 Å². The highest BCUT2D eigenvalue weighted by atomic mass is 35.5. The predicted molar refractivity (Wildman–Crippen MR) is 86.3 cm³/mol. The lowest BCUT2D eigenvalue weighted by molar-refractivity contribution is 0.443. The van der Waals surface area contributed by atoms with Crippen molar-refractivity contribution < 1.29 is 0 Å². The average Bonchev–Trinajstić information content (AvgIpc) is 2.89. The molecule has 0 radical (unpaired) electrons. The quantitative estimate of drug-likeness (QED) is 0.907. The second-order valence-corrected chi connectivity index (χ2v) is 5.95. The smallest absolute Gasteiger partial charge is 0.0992 e. The van der Waals surface area contributed by atoms with Gasteiger partial charge in [0.2, 0.25) is 0 Å². The molecule has 2 aromatic rings. The Bertz CT molecular complexity index is 652. The van der Waals surface area contributed by atoms with Crippen molar-refractivity contribution in [3.63, 3.8) is 0 Å². The number of nitriles is 1. The third kappa shape index (κ3) is 3.66.